The highest BCUT2D eigenvalue weighted by atomic mass is 15.2. The van der Waals surface area contributed by atoms with E-state index in [4.69, 9.17) is 0 Å². The summed E-state index contributed by atoms with van der Waals surface area (Å²) in [5.74, 6) is 0.837. The van der Waals surface area contributed by atoms with Crippen molar-refractivity contribution in [3.8, 4) is 0 Å². The van der Waals surface area contributed by atoms with Crippen LogP contribution in [0.3, 0.4) is 0 Å². The molecule has 2 aromatic heterocycles. The van der Waals surface area contributed by atoms with Crippen LogP contribution in [0.2, 0.25) is 0 Å². The molecule has 4 nitrogen and oxygen atoms in total. The van der Waals surface area contributed by atoms with E-state index in [1.54, 1.807) is 6.20 Å². The second-order valence-corrected chi connectivity index (χ2v) is 3.58. The van der Waals surface area contributed by atoms with Gasteiger partial charge in [0.15, 0.2) is 0 Å². The van der Waals surface area contributed by atoms with Crippen molar-refractivity contribution in [2.24, 2.45) is 7.05 Å². The summed E-state index contributed by atoms with van der Waals surface area (Å²) < 4.78 is 1.96. The molecule has 78 valence electrons. The summed E-state index contributed by atoms with van der Waals surface area (Å²) in [6.45, 7) is 3.94. The van der Waals surface area contributed by atoms with Crippen molar-refractivity contribution in [1.29, 1.82) is 0 Å². The molecule has 0 aliphatic rings. The lowest BCUT2D eigenvalue weighted by atomic mass is 10.3. The molecule has 0 atom stereocenters. The lowest BCUT2D eigenvalue weighted by Gasteiger charge is -2.07. The lowest BCUT2D eigenvalue weighted by molar-refractivity contribution is 0.922. The molecule has 0 saturated heterocycles. The van der Waals surface area contributed by atoms with Gasteiger partial charge in [-0.15, -0.1) is 0 Å². The SMILES string of the molecule is Cc1cn(C)c(Nc2cccnc2C)n1. The third-order valence-corrected chi connectivity index (χ3v) is 2.25. The summed E-state index contributed by atoms with van der Waals surface area (Å²) in [4.78, 5) is 8.58. The van der Waals surface area contributed by atoms with E-state index in [1.807, 2.05) is 43.8 Å². The van der Waals surface area contributed by atoms with Crippen LogP contribution in [0.25, 0.3) is 0 Å². The molecule has 15 heavy (non-hydrogen) atoms. The Labute approximate surface area is 89.0 Å². The minimum atomic E-state index is 0.837. The topological polar surface area (TPSA) is 42.7 Å². The van der Waals surface area contributed by atoms with Crippen LogP contribution in [-0.2, 0) is 7.05 Å². The first-order valence-corrected chi connectivity index (χ1v) is 4.85. The Morgan fingerprint density at radius 1 is 1.33 bits per heavy atom. The highest BCUT2D eigenvalue weighted by Gasteiger charge is 2.04. The van der Waals surface area contributed by atoms with Crippen molar-refractivity contribution >= 4 is 11.6 Å². The molecule has 0 spiro atoms. The average Bonchev–Trinajstić information content (AvgIpc) is 2.49. The molecule has 0 fully saturated rings. The van der Waals surface area contributed by atoms with Crippen LogP contribution in [0.5, 0.6) is 0 Å². The molecule has 0 unspecified atom stereocenters. The number of nitrogens with zero attached hydrogens (tertiary/aromatic N) is 3. The molecular weight excluding hydrogens is 188 g/mol. The van der Waals surface area contributed by atoms with E-state index in [0.29, 0.717) is 0 Å². The second kappa shape index (κ2) is 3.73. The first-order chi connectivity index (χ1) is 7.16. The highest BCUT2D eigenvalue weighted by Crippen LogP contribution is 2.17. The van der Waals surface area contributed by atoms with E-state index in [1.165, 1.54) is 0 Å². The molecule has 2 rings (SSSR count). The van der Waals surface area contributed by atoms with Crippen molar-refractivity contribution in [2.45, 2.75) is 13.8 Å². The van der Waals surface area contributed by atoms with Crippen LogP contribution in [-0.4, -0.2) is 14.5 Å². The van der Waals surface area contributed by atoms with Crippen molar-refractivity contribution in [3.63, 3.8) is 0 Å². The van der Waals surface area contributed by atoms with Gasteiger partial charge in [-0.3, -0.25) is 4.98 Å². The van der Waals surface area contributed by atoms with Crippen molar-refractivity contribution in [1.82, 2.24) is 14.5 Å². The summed E-state index contributed by atoms with van der Waals surface area (Å²) in [6.07, 6.45) is 3.76. The van der Waals surface area contributed by atoms with E-state index in [2.05, 4.69) is 15.3 Å². The van der Waals surface area contributed by atoms with E-state index in [9.17, 15) is 0 Å². The lowest BCUT2D eigenvalue weighted by Crippen LogP contribution is -2.00. The van der Waals surface area contributed by atoms with Crippen LogP contribution in [0.4, 0.5) is 11.6 Å². The normalized spacial score (nSPS) is 10.3. The second-order valence-electron chi connectivity index (χ2n) is 3.58. The zero-order valence-electron chi connectivity index (χ0n) is 9.15. The van der Waals surface area contributed by atoms with Gasteiger partial charge in [0.2, 0.25) is 5.95 Å². The minimum Gasteiger partial charge on any atom is -0.324 e. The monoisotopic (exact) mass is 202 g/mol. The summed E-state index contributed by atoms with van der Waals surface area (Å²) in [5.41, 5.74) is 2.96. The van der Waals surface area contributed by atoms with E-state index >= 15 is 0 Å². The smallest absolute Gasteiger partial charge is 0.207 e. The van der Waals surface area contributed by atoms with Gasteiger partial charge in [0.05, 0.1) is 17.1 Å². The fourth-order valence-electron chi connectivity index (χ4n) is 1.47. The molecule has 0 bridgehead atoms. The Hall–Kier alpha value is -1.84. The zero-order chi connectivity index (χ0) is 10.8. The van der Waals surface area contributed by atoms with Gasteiger partial charge in [0.1, 0.15) is 0 Å². The number of hydrogen-bond donors (Lipinski definition) is 1. The van der Waals surface area contributed by atoms with Gasteiger partial charge < -0.3 is 9.88 Å². The van der Waals surface area contributed by atoms with Crippen molar-refractivity contribution in [3.05, 3.63) is 35.9 Å². The number of nitrogens with one attached hydrogen (secondary N) is 1. The number of aromatic nitrogens is 3. The van der Waals surface area contributed by atoms with Crippen LogP contribution >= 0.6 is 0 Å². The molecule has 0 amide bonds. The highest BCUT2D eigenvalue weighted by molar-refractivity contribution is 5.56. The molecule has 0 aliphatic heterocycles. The molecule has 2 heterocycles. The van der Waals surface area contributed by atoms with Gasteiger partial charge in [-0.25, -0.2) is 4.98 Å². The predicted molar refractivity (Wildman–Crippen MR) is 60.2 cm³/mol. The maximum atomic E-state index is 4.37. The minimum absolute atomic E-state index is 0.837. The first-order valence-electron chi connectivity index (χ1n) is 4.85. The Morgan fingerprint density at radius 2 is 2.13 bits per heavy atom. The van der Waals surface area contributed by atoms with Gasteiger partial charge in [-0.2, -0.15) is 0 Å². The molecule has 0 radical (unpaired) electrons. The zero-order valence-corrected chi connectivity index (χ0v) is 9.15. The molecule has 4 heteroatoms. The summed E-state index contributed by atoms with van der Waals surface area (Å²) in [6, 6.07) is 3.90. The molecule has 2 aromatic rings. The molecule has 1 N–H and O–H groups in total. The van der Waals surface area contributed by atoms with Crippen molar-refractivity contribution in [2.75, 3.05) is 5.32 Å². The third-order valence-electron chi connectivity index (χ3n) is 2.25. The van der Waals surface area contributed by atoms with Crippen LogP contribution in [0, 0.1) is 13.8 Å². The average molecular weight is 202 g/mol. The first kappa shape index (κ1) is 9.71. The standard InChI is InChI=1S/C11H14N4/c1-8-7-15(3)11(13-8)14-10-5-4-6-12-9(10)2/h4-7H,1-3H3,(H,13,14). The van der Waals surface area contributed by atoms with Gasteiger partial charge in [0.25, 0.3) is 0 Å². The van der Waals surface area contributed by atoms with Crippen LogP contribution in [0.1, 0.15) is 11.4 Å². The number of pyridine rings is 1. The molecule has 0 saturated carbocycles. The van der Waals surface area contributed by atoms with Gasteiger partial charge >= 0.3 is 0 Å². The van der Waals surface area contributed by atoms with E-state index in [0.717, 1.165) is 23.0 Å². The Morgan fingerprint density at radius 3 is 2.73 bits per heavy atom. The molecular formula is C11H14N4. The summed E-state index contributed by atoms with van der Waals surface area (Å²) in [7, 11) is 1.97. The van der Waals surface area contributed by atoms with E-state index < -0.39 is 0 Å². The molecule has 0 aromatic carbocycles. The Bertz CT molecular complexity index is 473. The fraction of sp³-hybridized carbons (Fsp3) is 0.273. The van der Waals surface area contributed by atoms with Gasteiger partial charge in [-0.05, 0) is 26.0 Å². The quantitative estimate of drug-likeness (QED) is 0.811. The predicted octanol–water partition coefficient (Wildman–Crippen LogP) is 2.18. The number of hydrogen-bond acceptors (Lipinski definition) is 3. The Kier molecular flexibility index (Phi) is 2.41. The maximum Gasteiger partial charge on any atom is 0.207 e. The number of rotatable bonds is 2. The van der Waals surface area contributed by atoms with Crippen molar-refractivity contribution < 1.29 is 0 Å². The van der Waals surface area contributed by atoms with Gasteiger partial charge in [0, 0.05) is 19.4 Å². The summed E-state index contributed by atoms with van der Waals surface area (Å²) >= 11 is 0. The number of imidazole rings is 1. The van der Waals surface area contributed by atoms with E-state index in [-0.39, 0.29) is 0 Å². The van der Waals surface area contributed by atoms with Gasteiger partial charge in [-0.1, -0.05) is 0 Å². The molecule has 0 aliphatic carbocycles. The largest absolute Gasteiger partial charge is 0.324 e. The maximum absolute atomic E-state index is 4.37. The fourth-order valence-corrected chi connectivity index (χ4v) is 1.47. The number of aryl methyl sites for hydroxylation is 3. The Balaban J connectivity index is 2.29. The summed E-state index contributed by atoms with van der Waals surface area (Å²) in [5, 5.41) is 3.25. The van der Waals surface area contributed by atoms with Crippen LogP contribution in [0.15, 0.2) is 24.5 Å². The third kappa shape index (κ3) is 1.98. The number of anilines is 2. The van der Waals surface area contributed by atoms with Crippen LogP contribution < -0.4 is 5.32 Å².